The summed E-state index contributed by atoms with van der Waals surface area (Å²) < 4.78 is 15.3. The van der Waals surface area contributed by atoms with Crippen molar-refractivity contribution in [3.63, 3.8) is 0 Å². The SMILES string of the molecule is Cc1ccc(-n2cc(CN3CCC(O)CC3)c(-c3ccc(F)cc3)n2)cc1. The fraction of sp³-hybridized carbons (Fsp3) is 0.318. The molecule has 0 radical (unpaired) electrons. The number of aromatic nitrogens is 2. The lowest BCUT2D eigenvalue weighted by atomic mass is 10.0. The summed E-state index contributed by atoms with van der Waals surface area (Å²) in [6.07, 6.45) is 3.48. The van der Waals surface area contributed by atoms with Crippen LogP contribution < -0.4 is 0 Å². The molecule has 1 aliphatic heterocycles. The van der Waals surface area contributed by atoms with Crippen molar-refractivity contribution in [1.82, 2.24) is 14.7 Å². The van der Waals surface area contributed by atoms with Crippen molar-refractivity contribution in [2.24, 2.45) is 0 Å². The maximum absolute atomic E-state index is 13.4. The minimum Gasteiger partial charge on any atom is -0.393 e. The number of hydrogen-bond donors (Lipinski definition) is 1. The Morgan fingerprint density at radius 3 is 2.37 bits per heavy atom. The zero-order valence-electron chi connectivity index (χ0n) is 15.5. The van der Waals surface area contributed by atoms with E-state index >= 15 is 0 Å². The zero-order valence-corrected chi connectivity index (χ0v) is 15.5. The summed E-state index contributed by atoms with van der Waals surface area (Å²) in [5.41, 5.74) is 5.11. The molecule has 0 aliphatic carbocycles. The third-order valence-electron chi connectivity index (χ3n) is 5.16. The van der Waals surface area contributed by atoms with Gasteiger partial charge in [0.15, 0.2) is 0 Å². The van der Waals surface area contributed by atoms with E-state index in [1.54, 1.807) is 12.1 Å². The van der Waals surface area contributed by atoms with Crippen LogP contribution in [0.3, 0.4) is 0 Å². The van der Waals surface area contributed by atoms with Crippen LogP contribution in [0.25, 0.3) is 16.9 Å². The summed E-state index contributed by atoms with van der Waals surface area (Å²) in [5, 5.41) is 14.6. The number of benzene rings is 2. The van der Waals surface area contributed by atoms with Gasteiger partial charge < -0.3 is 5.11 Å². The Morgan fingerprint density at radius 1 is 1.04 bits per heavy atom. The second-order valence-electron chi connectivity index (χ2n) is 7.30. The lowest BCUT2D eigenvalue weighted by Crippen LogP contribution is -2.35. The molecule has 140 valence electrons. The van der Waals surface area contributed by atoms with Gasteiger partial charge in [-0.1, -0.05) is 17.7 Å². The van der Waals surface area contributed by atoms with Crippen molar-refractivity contribution < 1.29 is 9.50 Å². The molecule has 2 heterocycles. The van der Waals surface area contributed by atoms with E-state index in [2.05, 4.69) is 42.3 Å². The van der Waals surface area contributed by atoms with Gasteiger partial charge in [0, 0.05) is 37.0 Å². The average molecular weight is 365 g/mol. The summed E-state index contributed by atoms with van der Waals surface area (Å²) in [6.45, 7) is 4.58. The molecule has 0 saturated carbocycles. The maximum atomic E-state index is 13.4. The van der Waals surface area contributed by atoms with E-state index in [1.807, 2.05) is 4.68 Å². The van der Waals surface area contributed by atoms with Gasteiger partial charge in [-0.25, -0.2) is 9.07 Å². The number of aliphatic hydroxyl groups is 1. The van der Waals surface area contributed by atoms with Crippen LogP contribution in [-0.2, 0) is 6.54 Å². The van der Waals surface area contributed by atoms with Crippen LogP contribution >= 0.6 is 0 Å². The predicted octanol–water partition coefficient (Wildman–Crippen LogP) is 3.94. The van der Waals surface area contributed by atoms with Crippen LogP contribution in [0.4, 0.5) is 4.39 Å². The molecule has 0 amide bonds. The standard InChI is InChI=1S/C22H24FN3O/c1-16-2-8-20(9-3-16)26-15-18(14-25-12-10-21(27)11-13-25)22(24-26)17-4-6-19(23)7-5-17/h2-9,15,21,27H,10-14H2,1H3. The molecule has 4 nitrogen and oxygen atoms in total. The van der Waals surface area contributed by atoms with Crippen molar-refractivity contribution >= 4 is 0 Å². The van der Waals surface area contributed by atoms with Crippen LogP contribution in [0.5, 0.6) is 0 Å². The van der Waals surface area contributed by atoms with Crippen molar-refractivity contribution in [3.05, 3.63) is 71.7 Å². The number of likely N-dealkylation sites (tertiary alicyclic amines) is 1. The smallest absolute Gasteiger partial charge is 0.123 e. The molecule has 3 aromatic rings. The summed E-state index contributed by atoms with van der Waals surface area (Å²) in [5.74, 6) is -0.247. The Hall–Kier alpha value is -2.50. The lowest BCUT2D eigenvalue weighted by molar-refractivity contribution is 0.0793. The van der Waals surface area contributed by atoms with Crippen molar-refractivity contribution in [3.8, 4) is 16.9 Å². The molecule has 0 atom stereocenters. The Kier molecular flexibility index (Phi) is 5.05. The topological polar surface area (TPSA) is 41.3 Å². The highest BCUT2D eigenvalue weighted by atomic mass is 19.1. The molecule has 1 saturated heterocycles. The highest BCUT2D eigenvalue weighted by molar-refractivity contribution is 5.63. The third-order valence-corrected chi connectivity index (χ3v) is 5.16. The summed E-state index contributed by atoms with van der Waals surface area (Å²) in [6, 6.07) is 14.7. The van der Waals surface area contributed by atoms with Crippen molar-refractivity contribution in [2.45, 2.75) is 32.4 Å². The monoisotopic (exact) mass is 365 g/mol. The van der Waals surface area contributed by atoms with Gasteiger partial charge in [0.2, 0.25) is 0 Å². The summed E-state index contributed by atoms with van der Waals surface area (Å²) in [7, 11) is 0. The number of halogens is 1. The van der Waals surface area contributed by atoms with E-state index in [4.69, 9.17) is 5.10 Å². The van der Waals surface area contributed by atoms with Crippen LogP contribution in [0, 0.1) is 12.7 Å². The largest absolute Gasteiger partial charge is 0.393 e. The molecule has 2 aromatic carbocycles. The van der Waals surface area contributed by atoms with Crippen molar-refractivity contribution in [1.29, 1.82) is 0 Å². The molecule has 4 rings (SSSR count). The van der Waals surface area contributed by atoms with Gasteiger partial charge in [0.05, 0.1) is 17.5 Å². The molecular weight excluding hydrogens is 341 g/mol. The number of piperidine rings is 1. The molecule has 1 aromatic heterocycles. The molecule has 0 unspecified atom stereocenters. The average Bonchev–Trinajstić information content (AvgIpc) is 3.08. The van der Waals surface area contributed by atoms with Crippen LogP contribution in [0.2, 0.25) is 0 Å². The van der Waals surface area contributed by atoms with Gasteiger partial charge in [-0.15, -0.1) is 0 Å². The molecule has 27 heavy (non-hydrogen) atoms. The maximum Gasteiger partial charge on any atom is 0.123 e. The van der Waals surface area contributed by atoms with Gasteiger partial charge >= 0.3 is 0 Å². The second kappa shape index (κ2) is 7.62. The quantitative estimate of drug-likeness (QED) is 0.761. The summed E-state index contributed by atoms with van der Waals surface area (Å²) in [4.78, 5) is 2.34. The lowest BCUT2D eigenvalue weighted by Gasteiger charge is -2.29. The first-order valence-corrected chi connectivity index (χ1v) is 9.40. The Balaban J connectivity index is 1.68. The first-order valence-electron chi connectivity index (χ1n) is 9.40. The van der Waals surface area contributed by atoms with Gasteiger partial charge in [0.25, 0.3) is 0 Å². The predicted molar refractivity (Wildman–Crippen MR) is 104 cm³/mol. The van der Waals surface area contributed by atoms with Crippen LogP contribution in [-0.4, -0.2) is 39.0 Å². The highest BCUT2D eigenvalue weighted by Gasteiger charge is 2.20. The molecule has 0 bridgehead atoms. The van der Waals surface area contributed by atoms with E-state index in [0.717, 1.165) is 55.0 Å². The van der Waals surface area contributed by atoms with E-state index in [-0.39, 0.29) is 11.9 Å². The highest BCUT2D eigenvalue weighted by Crippen LogP contribution is 2.26. The Bertz CT molecular complexity index is 894. The van der Waals surface area contributed by atoms with Gasteiger partial charge in [-0.2, -0.15) is 5.10 Å². The van der Waals surface area contributed by atoms with Gasteiger partial charge in [0.1, 0.15) is 5.82 Å². The first-order chi connectivity index (χ1) is 13.1. The molecular formula is C22H24FN3O. The number of aryl methyl sites for hydroxylation is 1. The fourth-order valence-corrected chi connectivity index (χ4v) is 3.52. The minimum atomic E-state index is -0.247. The first kappa shape index (κ1) is 17.9. The van der Waals surface area contributed by atoms with E-state index in [9.17, 15) is 9.50 Å². The number of aliphatic hydroxyl groups excluding tert-OH is 1. The Labute approximate surface area is 158 Å². The van der Waals surface area contributed by atoms with Gasteiger partial charge in [-0.05, 0) is 56.2 Å². The molecule has 1 N–H and O–H groups in total. The summed E-state index contributed by atoms with van der Waals surface area (Å²) >= 11 is 0. The fourth-order valence-electron chi connectivity index (χ4n) is 3.52. The molecule has 1 fully saturated rings. The third kappa shape index (κ3) is 4.10. The number of nitrogens with zero attached hydrogens (tertiary/aromatic N) is 3. The van der Waals surface area contributed by atoms with Crippen molar-refractivity contribution in [2.75, 3.05) is 13.1 Å². The number of rotatable bonds is 4. The number of hydrogen-bond acceptors (Lipinski definition) is 3. The minimum absolute atomic E-state index is 0.187. The van der Waals surface area contributed by atoms with Crippen LogP contribution in [0.1, 0.15) is 24.0 Å². The van der Waals surface area contributed by atoms with E-state index in [0.29, 0.717) is 0 Å². The van der Waals surface area contributed by atoms with Gasteiger partial charge in [-0.3, -0.25) is 4.90 Å². The zero-order chi connectivity index (χ0) is 18.8. The second-order valence-corrected chi connectivity index (χ2v) is 7.30. The van der Waals surface area contributed by atoms with E-state index in [1.165, 1.54) is 17.7 Å². The molecule has 5 heteroatoms. The molecule has 0 spiro atoms. The Morgan fingerprint density at radius 2 is 1.70 bits per heavy atom. The van der Waals surface area contributed by atoms with E-state index < -0.39 is 0 Å². The van der Waals surface area contributed by atoms with Crippen LogP contribution in [0.15, 0.2) is 54.7 Å². The molecule has 1 aliphatic rings. The normalized spacial score (nSPS) is 16.0.